The monoisotopic (exact) mass is 289 g/mol. The zero-order valence-electron chi connectivity index (χ0n) is 12.8. The maximum absolute atomic E-state index is 12.1. The topological polar surface area (TPSA) is 61.4 Å². The second-order valence-corrected chi connectivity index (χ2v) is 5.99. The molecule has 1 fully saturated rings. The molecule has 2 N–H and O–H groups in total. The van der Waals surface area contributed by atoms with E-state index >= 15 is 0 Å². The molecule has 2 rings (SSSR count). The normalized spacial score (nSPS) is 18.2. The van der Waals surface area contributed by atoms with E-state index in [4.69, 9.17) is 0 Å². The summed E-state index contributed by atoms with van der Waals surface area (Å²) in [5.41, 5.74) is 2.05. The molecular weight excluding hydrogens is 266 g/mol. The lowest BCUT2D eigenvalue weighted by molar-refractivity contribution is -0.117. The van der Waals surface area contributed by atoms with Crippen molar-refractivity contribution in [2.45, 2.75) is 33.2 Å². The SMILES string of the molecule is Cc1ccc(N2C[C@H](NC(=O)NCC(C)C)CC2=O)cc1. The van der Waals surface area contributed by atoms with Gasteiger partial charge >= 0.3 is 6.03 Å². The van der Waals surface area contributed by atoms with Crippen molar-refractivity contribution < 1.29 is 9.59 Å². The predicted molar refractivity (Wildman–Crippen MR) is 83.3 cm³/mol. The largest absolute Gasteiger partial charge is 0.338 e. The van der Waals surface area contributed by atoms with Crippen LogP contribution >= 0.6 is 0 Å². The summed E-state index contributed by atoms with van der Waals surface area (Å²) >= 11 is 0. The third-order valence-electron chi connectivity index (χ3n) is 3.48. The Morgan fingerprint density at radius 3 is 2.62 bits per heavy atom. The number of aryl methyl sites for hydroxylation is 1. The number of benzene rings is 1. The molecule has 114 valence electrons. The highest BCUT2D eigenvalue weighted by Gasteiger charge is 2.31. The maximum Gasteiger partial charge on any atom is 0.315 e. The summed E-state index contributed by atoms with van der Waals surface area (Å²) in [4.78, 5) is 25.5. The molecule has 5 heteroatoms. The number of amides is 3. The Bertz CT molecular complexity index is 511. The average Bonchev–Trinajstić information content (AvgIpc) is 2.78. The van der Waals surface area contributed by atoms with Crippen molar-refractivity contribution in [2.75, 3.05) is 18.0 Å². The van der Waals surface area contributed by atoms with Crippen LogP contribution in [0.3, 0.4) is 0 Å². The lowest BCUT2D eigenvalue weighted by atomic mass is 10.2. The van der Waals surface area contributed by atoms with Crippen molar-refractivity contribution in [3.8, 4) is 0 Å². The molecule has 0 bridgehead atoms. The summed E-state index contributed by atoms with van der Waals surface area (Å²) in [6.45, 7) is 7.25. The molecule has 0 radical (unpaired) electrons. The van der Waals surface area contributed by atoms with Crippen LogP contribution in [0.15, 0.2) is 24.3 Å². The Balaban J connectivity index is 1.90. The van der Waals surface area contributed by atoms with Gasteiger partial charge in [0.1, 0.15) is 0 Å². The Hall–Kier alpha value is -2.04. The number of anilines is 1. The van der Waals surface area contributed by atoms with Crippen LogP contribution in [0, 0.1) is 12.8 Å². The van der Waals surface area contributed by atoms with E-state index in [1.807, 2.05) is 45.0 Å². The van der Waals surface area contributed by atoms with Gasteiger partial charge in [-0.15, -0.1) is 0 Å². The highest BCUT2D eigenvalue weighted by atomic mass is 16.2. The van der Waals surface area contributed by atoms with Crippen molar-refractivity contribution in [3.05, 3.63) is 29.8 Å². The van der Waals surface area contributed by atoms with E-state index < -0.39 is 0 Å². The molecule has 0 saturated carbocycles. The van der Waals surface area contributed by atoms with Gasteiger partial charge in [0.15, 0.2) is 0 Å². The van der Waals surface area contributed by atoms with Gasteiger partial charge in [-0.1, -0.05) is 31.5 Å². The molecule has 1 saturated heterocycles. The van der Waals surface area contributed by atoms with Gasteiger partial charge in [0.25, 0.3) is 0 Å². The van der Waals surface area contributed by atoms with Gasteiger partial charge in [-0.3, -0.25) is 4.79 Å². The molecule has 3 amide bonds. The average molecular weight is 289 g/mol. The van der Waals surface area contributed by atoms with Crippen molar-refractivity contribution in [1.29, 1.82) is 0 Å². The molecule has 21 heavy (non-hydrogen) atoms. The number of hydrogen-bond acceptors (Lipinski definition) is 2. The predicted octanol–water partition coefficient (Wildman–Crippen LogP) is 2.06. The molecule has 0 unspecified atom stereocenters. The lowest BCUT2D eigenvalue weighted by Crippen LogP contribution is -2.44. The molecule has 0 aliphatic carbocycles. The Labute approximate surface area is 125 Å². The number of carbonyl (C=O) groups excluding carboxylic acids is 2. The molecule has 0 spiro atoms. The quantitative estimate of drug-likeness (QED) is 0.891. The van der Waals surface area contributed by atoms with E-state index in [9.17, 15) is 9.59 Å². The van der Waals surface area contributed by atoms with E-state index in [1.54, 1.807) is 4.90 Å². The smallest absolute Gasteiger partial charge is 0.315 e. The fraction of sp³-hybridized carbons (Fsp3) is 0.500. The second kappa shape index (κ2) is 6.61. The standard InChI is InChI=1S/C16H23N3O2/c1-11(2)9-17-16(21)18-13-8-15(20)19(10-13)14-6-4-12(3)5-7-14/h4-7,11,13H,8-10H2,1-3H3,(H2,17,18,21)/t13-/m1/s1. The molecular formula is C16H23N3O2. The van der Waals surface area contributed by atoms with E-state index in [-0.39, 0.29) is 18.0 Å². The molecule has 1 atom stereocenters. The number of rotatable bonds is 4. The van der Waals surface area contributed by atoms with Crippen molar-refractivity contribution in [1.82, 2.24) is 10.6 Å². The minimum atomic E-state index is -0.202. The van der Waals surface area contributed by atoms with Gasteiger partial charge < -0.3 is 15.5 Å². The number of urea groups is 1. The van der Waals surface area contributed by atoms with Gasteiger partial charge in [-0.05, 0) is 25.0 Å². The summed E-state index contributed by atoms with van der Waals surface area (Å²) in [6, 6.07) is 7.51. The molecule has 0 aromatic heterocycles. The zero-order chi connectivity index (χ0) is 15.4. The van der Waals surface area contributed by atoms with E-state index in [1.165, 1.54) is 0 Å². The Morgan fingerprint density at radius 2 is 2.00 bits per heavy atom. The van der Waals surface area contributed by atoms with Crippen LogP contribution in [-0.4, -0.2) is 31.1 Å². The first-order valence-corrected chi connectivity index (χ1v) is 7.37. The van der Waals surface area contributed by atoms with Crippen LogP contribution in [0.25, 0.3) is 0 Å². The van der Waals surface area contributed by atoms with Crippen molar-refractivity contribution in [3.63, 3.8) is 0 Å². The van der Waals surface area contributed by atoms with Crippen LogP contribution in [0.2, 0.25) is 0 Å². The van der Waals surface area contributed by atoms with Crippen LogP contribution in [0.5, 0.6) is 0 Å². The van der Waals surface area contributed by atoms with Crippen molar-refractivity contribution >= 4 is 17.6 Å². The summed E-state index contributed by atoms with van der Waals surface area (Å²) in [5.74, 6) is 0.457. The molecule has 5 nitrogen and oxygen atoms in total. The molecule has 1 aliphatic heterocycles. The third-order valence-corrected chi connectivity index (χ3v) is 3.48. The Morgan fingerprint density at radius 1 is 1.33 bits per heavy atom. The molecule has 1 aliphatic rings. The summed E-state index contributed by atoms with van der Waals surface area (Å²) < 4.78 is 0. The second-order valence-electron chi connectivity index (χ2n) is 5.99. The van der Waals surface area contributed by atoms with Crippen LogP contribution < -0.4 is 15.5 Å². The number of nitrogens with one attached hydrogen (secondary N) is 2. The van der Waals surface area contributed by atoms with Gasteiger partial charge in [-0.25, -0.2) is 4.79 Å². The maximum atomic E-state index is 12.1. The van der Waals surface area contributed by atoms with E-state index in [0.29, 0.717) is 25.4 Å². The first kappa shape index (κ1) is 15.4. The fourth-order valence-electron chi connectivity index (χ4n) is 2.31. The fourth-order valence-corrected chi connectivity index (χ4v) is 2.31. The lowest BCUT2D eigenvalue weighted by Gasteiger charge is -2.18. The number of carbonyl (C=O) groups is 2. The first-order chi connectivity index (χ1) is 9.95. The summed E-state index contributed by atoms with van der Waals surface area (Å²) in [7, 11) is 0. The van der Waals surface area contributed by atoms with Crippen molar-refractivity contribution in [2.24, 2.45) is 5.92 Å². The summed E-state index contributed by atoms with van der Waals surface area (Å²) in [5, 5.41) is 5.67. The summed E-state index contributed by atoms with van der Waals surface area (Å²) in [6.07, 6.45) is 0.350. The molecule has 1 aromatic rings. The molecule has 1 heterocycles. The highest BCUT2D eigenvalue weighted by Crippen LogP contribution is 2.21. The van der Waals surface area contributed by atoms with Crippen LogP contribution in [0.4, 0.5) is 10.5 Å². The zero-order valence-corrected chi connectivity index (χ0v) is 12.8. The van der Waals surface area contributed by atoms with Gasteiger partial charge in [0, 0.05) is 25.2 Å². The number of nitrogens with zero attached hydrogens (tertiary/aromatic N) is 1. The minimum Gasteiger partial charge on any atom is -0.338 e. The molecule has 1 aromatic carbocycles. The van der Waals surface area contributed by atoms with E-state index in [0.717, 1.165) is 11.3 Å². The third kappa shape index (κ3) is 4.21. The minimum absolute atomic E-state index is 0.0491. The first-order valence-electron chi connectivity index (χ1n) is 7.37. The highest BCUT2D eigenvalue weighted by molar-refractivity contribution is 5.96. The Kier molecular flexibility index (Phi) is 4.83. The number of hydrogen-bond donors (Lipinski definition) is 2. The van der Waals surface area contributed by atoms with Gasteiger partial charge in [-0.2, -0.15) is 0 Å². The van der Waals surface area contributed by atoms with Gasteiger partial charge in [0.05, 0.1) is 6.04 Å². The van der Waals surface area contributed by atoms with Gasteiger partial charge in [0.2, 0.25) is 5.91 Å². The van der Waals surface area contributed by atoms with E-state index in [2.05, 4.69) is 10.6 Å². The van der Waals surface area contributed by atoms with Crippen LogP contribution in [0.1, 0.15) is 25.8 Å². The van der Waals surface area contributed by atoms with Crippen LogP contribution in [-0.2, 0) is 4.79 Å².